The highest BCUT2D eigenvalue weighted by atomic mass is 35.5. The molecule has 0 saturated carbocycles. The third-order valence-corrected chi connectivity index (χ3v) is 5.31. The van der Waals surface area contributed by atoms with E-state index in [1.54, 1.807) is 30.7 Å². The molecule has 0 N–H and O–H groups in total. The smallest absolute Gasteiger partial charge is 0.332 e. The summed E-state index contributed by atoms with van der Waals surface area (Å²) >= 11 is 5.94. The predicted molar refractivity (Wildman–Crippen MR) is 119 cm³/mol. The number of rotatable bonds is 5. The number of halogens is 1. The van der Waals surface area contributed by atoms with Crippen LogP contribution in [0.4, 0.5) is 0 Å². The van der Waals surface area contributed by atoms with Crippen LogP contribution in [0.3, 0.4) is 0 Å². The lowest BCUT2D eigenvalue weighted by molar-refractivity contribution is 0.572. The molecule has 4 rings (SSSR count). The first-order chi connectivity index (χ1) is 14.4. The summed E-state index contributed by atoms with van der Waals surface area (Å²) in [5, 5.41) is 0.667. The number of aromatic nitrogens is 4. The molecular formula is C22H21ClN4O3. The van der Waals surface area contributed by atoms with Crippen molar-refractivity contribution in [3.05, 3.63) is 73.8 Å². The Morgan fingerprint density at radius 3 is 2.37 bits per heavy atom. The average molecular weight is 425 g/mol. The second-order valence-electron chi connectivity index (χ2n) is 6.82. The third kappa shape index (κ3) is 3.31. The summed E-state index contributed by atoms with van der Waals surface area (Å²) in [6, 6.07) is 11.1. The molecule has 0 spiro atoms. The van der Waals surface area contributed by atoms with E-state index in [-0.39, 0.29) is 11.2 Å². The zero-order chi connectivity index (χ0) is 21.4. The molecule has 30 heavy (non-hydrogen) atoms. The van der Waals surface area contributed by atoms with Gasteiger partial charge in [0.25, 0.3) is 5.56 Å². The monoisotopic (exact) mass is 424 g/mol. The molecule has 0 amide bonds. The van der Waals surface area contributed by atoms with Crippen LogP contribution in [0, 0.1) is 0 Å². The van der Waals surface area contributed by atoms with E-state index in [2.05, 4.69) is 4.98 Å². The summed E-state index contributed by atoms with van der Waals surface area (Å²) in [6.07, 6.45) is 3.55. The molecule has 7 nitrogen and oxygen atoms in total. The van der Waals surface area contributed by atoms with Crippen LogP contribution in [0.2, 0.25) is 5.02 Å². The topological polar surface area (TPSA) is 75.0 Å². The highest BCUT2D eigenvalue weighted by Gasteiger charge is 2.17. The van der Waals surface area contributed by atoms with Gasteiger partial charge >= 0.3 is 5.69 Å². The number of imidazole rings is 1. The van der Waals surface area contributed by atoms with E-state index in [4.69, 9.17) is 16.0 Å². The van der Waals surface area contributed by atoms with Gasteiger partial charge in [-0.15, -0.1) is 0 Å². The Morgan fingerprint density at radius 2 is 1.70 bits per heavy atom. The first-order valence-corrected chi connectivity index (χ1v) is 10.1. The normalized spacial score (nSPS) is 11.7. The van der Waals surface area contributed by atoms with Gasteiger partial charge in [-0.25, -0.2) is 9.78 Å². The fourth-order valence-electron chi connectivity index (χ4n) is 3.46. The highest BCUT2D eigenvalue weighted by molar-refractivity contribution is 6.30. The Hall–Kier alpha value is -3.32. The van der Waals surface area contributed by atoms with Gasteiger partial charge in [0.2, 0.25) is 0 Å². The van der Waals surface area contributed by atoms with Gasteiger partial charge in [0.05, 0.1) is 0 Å². The van der Waals surface area contributed by atoms with Crippen molar-refractivity contribution in [2.24, 2.45) is 7.05 Å². The van der Waals surface area contributed by atoms with Crippen molar-refractivity contribution < 1.29 is 4.42 Å². The molecule has 3 aromatic heterocycles. The largest absolute Gasteiger partial charge is 0.457 e. The summed E-state index contributed by atoms with van der Waals surface area (Å²) in [5.74, 6) is 1.93. The van der Waals surface area contributed by atoms with Gasteiger partial charge in [0.15, 0.2) is 11.2 Å². The maximum Gasteiger partial charge on any atom is 0.332 e. The molecule has 4 aromatic rings. The standard InChI is InChI=1S/C22H21ClN4O3/c1-4-26-20-19(21(28)27(5-2)22(26)29)25(3)18(24-20)13-11-16-10-12-17(30-16)14-6-8-15(23)9-7-14/h6-13H,4-5H2,1-3H3/b13-11+. The lowest BCUT2D eigenvalue weighted by atomic mass is 10.2. The Labute approximate surface area is 177 Å². The number of fused-ring (bicyclic) bond motifs is 1. The number of furan rings is 1. The molecule has 154 valence electrons. The van der Waals surface area contributed by atoms with Crippen LogP contribution >= 0.6 is 11.6 Å². The molecular weight excluding hydrogens is 404 g/mol. The zero-order valence-corrected chi connectivity index (χ0v) is 17.7. The van der Waals surface area contributed by atoms with E-state index in [9.17, 15) is 9.59 Å². The maximum absolute atomic E-state index is 12.8. The molecule has 1 aromatic carbocycles. The lowest BCUT2D eigenvalue weighted by Gasteiger charge is -2.07. The SMILES string of the molecule is CCn1c(=O)c2c(nc(/C=C/c3ccc(-c4ccc(Cl)cc4)o3)n2C)n(CC)c1=O. The minimum Gasteiger partial charge on any atom is -0.457 e. The average Bonchev–Trinajstić information content (AvgIpc) is 3.33. The summed E-state index contributed by atoms with van der Waals surface area (Å²) in [6.45, 7) is 4.37. The molecule has 0 fully saturated rings. The van der Waals surface area contributed by atoms with E-state index in [0.29, 0.717) is 40.9 Å². The van der Waals surface area contributed by atoms with Crippen molar-refractivity contribution >= 4 is 34.9 Å². The Morgan fingerprint density at radius 1 is 1.00 bits per heavy atom. The zero-order valence-electron chi connectivity index (χ0n) is 16.9. The molecule has 0 bridgehead atoms. The fourth-order valence-corrected chi connectivity index (χ4v) is 3.59. The second kappa shape index (κ2) is 7.84. The number of hydrogen-bond donors (Lipinski definition) is 0. The van der Waals surface area contributed by atoms with Crippen molar-refractivity contribution in [2.45, 2.75) is 26.9 Å². The van der Waals surface area contributed by atoms with Crippen molar-refractivity contribution in [3.63, 3.8) is 0 Å². The summed E-state index contributed by atoms with van der Waals surface area (Å²) in [5.41, 5.74) is 1.04. The summed E-state index contributed by atoms with van der Waals surface area (Å²) in [4.78, 5) is 29.9. The van der Waals surface area contributed by atoms with Gasteiger partial charge in [0, 0.05) is 30.7 Å². The first kappa shape index (κ1) is 20.0. The minimum atomic E-state index is -0.343. The molecule has 0 saturated heterocycles. The molecule has 0 aliphatic carbocycles. The van der Waals surface area contributed by atoms with Crippen LogP contribution in [-0.2, 0) is 20.1 Å². The number of hydrogen-bond acceptors (Lipinski definition) is 4. The van der Waals surface area contributed by atoms with Crippen LogP contribution in [0.1, 0.15) is 25.4 Å². The van der Waals surface area contributed by atoms with Gasteiger partial charge in [-0.05, 0) is 62.4 Å². The molecule has 3 heterocycles. The van der Waals surface area contributed by atoms with Gasteiger partial charge < -0.3 is 8.98 Å². The van der Waals surface area contributed by atoms with Crippen LogP contribution in [0.5, 0.6) is 0 Å². The van der Waals surface area contributed by atoms with E-state index in [1.165, 1.54) is 9.13 Å². The van der Waals surface area contributed by atoms with Gasteiger partial charge in [-0.2, -0.15) is 0 Å². The lowest BCUT2D eigenvalue weighted by Crippen LogP contribution is -2.39. The Bertz CT molecular complexity index is 1370. The molecule has 0 atom stereocenters. The Balaban J connectivity index is 1.74. The summed E-state index contributed by atoms with van der Waals surface area (Å²) < 4.78 is 10.3. The highest BCUT2D eigenvalue weighted by Crippen LogP contribution is 2.24. The maximum atomic E-state index is 12.8. The molecule has 0 aliphatic heterocycles. The van der Waals surface area contributed by atoms with Crippen molar-refractivity contribution in [3.8, 4) is 11.3 Å². The minimum absolute atomic E-state index is 0.309. The molecule has 0 radical (unpaired) electrons. The van der Waals surface area contributed by atoms with E-state index in [0.717, 1.165) is 11.3 Å². The number of benzene rings is 1. The fraction of sp³-hybridized carbons (Fsp3) is 0.227. The molecule has 0 aliphatic rings. The van der Waals surface area contributed by atoms with Gasteiger partial charge in [0.1, 0.15) is 17.3 Å². The number of nitrogens with zero attached hydrogens (tertiary/aromatic N) is 4. The molecule has 0 unspecified atom stereocenters. The van der Waals surface area contributed by atoms with E-state index in [1.807, 2.05) is 43.3 Å². The quantitative estimate of drug-likeness (QED) is 0.485. The number of aryl methyl sites for hydroxylation is 2. The van der Waals surface area contributed by atoms with Gasteiger partial charge in [-0.3, -0.25) is 13.9 Å². The molecule has 8 heteroatoms. The first-order valence-electron chi connectivity index (χ1n) is 9.68. The van der Waals surface area contributed by atoms with Crippen LogP contribution in [0.25, 0.3) is 34.6 Å². The van der Waals surface area contributed by atoms with Crippen LogP contribution in [-0.4, -0.2) is 18.7 Å². The van der Waals surface area contributed by atoms with Crippen molar-refractivity contribution in [2.75, 3.05) is 0 Å². The second-order valence-corrected chi connectivity index (χ2v) is 7.26. The summed E-state index contributed by atoms with van der Waals surface area (Å²) in [7, 11) is 1.77. The van der Waals surface area contributed by atoms with Crippen LogP contribution in [0.15, 0.2) is 50.4 Å². The van der Waals surface area contributed by atoms with Crippen molar-refractivity contribution in [1.82, 2.24) is 18.7 Å². The van der Waals surface area contributed by atoms with Gasteiger partial charge in [-0.1, -0.05) is 11.6 Å². The Kier molecular flexibility index (Phi) is 5.22. The van der Waals surface area contributed by atoms with Crippen molar-refractivity contribution in [1.29, 1.82) is 0 Å². The predicted octanol–water partition coefficient (Wildman–Crippen LogP) is 4.02. The third-order valence-electron chi connectivity index (χ3n) is 5.06. The van der Waals surface area contributed by atoms with Crippen LogP contribution < -0.4 is 11.2 Å². The van der Waals surface area contributed by atoms with E-state index < -0.39 is 0 Å². The van der Waals surface area contributed by atoms with E-state index >= 15 is 0 Å².